The highest BCUT2D eigenvalue weighted by molar-refractivity contribution is 6.20. The Morgan fingerprint density at radius 1 is 1.46 bits per heavy atom. The topological polar surface area (TPSA) is 29.0 Å². The van der Waals surface area contributed by atoms with E-state index in [4.69, 9.17) is 11.6 Å². The highest BCUT2D eigenvalue weighted by Gasteiger charge is 2.05. The van der Waals surface area contributed by atoms with Crippen LogP contribution < -0.4 is 4.90 Å². The number of rotatable bonds is 3. The fourth-order valence-corrected chi connectivity index (χ4v) is 1.27. The Morgan fingerprint density at radius 3 is 2.62 bits per heavy atom. The van der Waals surface area contributed by atoms with Gasteiger partial charge in [0, 0.05) is 19.0 Å². The van der Waals surface area contributed by atoms with Crippen LogP contribution in [0.4, 0.5) is 5.82 Å². The Labute approximate surface area is 83.7 Å². The van der Waals surface area contributed by atoms with Crippen molar-refractivity contribution in [3.63, 3.8) is 0 Å². The minimum absolute atomic E-state index is 0.119. The van der Waals surface area contributed by atoms with Crippen LogP contribution in [-0.4, -0.2) is 29.2 Å². The van der Waals surface area contributed by atoms with E-state index >= 15 is 0 Å². The second-order valence-corrected chi connectivity index (χ2v) is 3.94. The van der Waals surface area contributed by atoms with Gasteiger partial charge in [0.05, 0.1) is 5.69 Å². The SMILES string of the molecule is Cc1ccc(N(C)CC(C)Cl)nn1. The van der Waals surface area contributed by atoms with E-state index in [9.17, 15) is 0 Å². The molecule has 1 rings (SSSR count). The zero-order chi connectivity index (χ0) is 9.84. The van der Waals surface area contributed by atoms with Crippen molar-refractivity contribution in [1.82, 2.24) is 10.2 Å². The lowest BCUT2D eigenvalue weighted by molar-refractivity contribution is 0.822. The summed E-state index contributed by atoms with van der Waals surface area (Å²) in [5.74, 6) is 0.859. The standard InChI is InChI=1S/C9H14ClN3/c1-7(10)6-13(3)9-5-4-8(2)11-12-9/h4-5,7H,6H2,1-3H3. The summed E-state index contributed by atoms with van der Waals surface area (Å²) in [5, 5.41) is 8.14. The molecule has 0 amide bonds. The first-order chi connectivity index (χ1) is 6.09. The van der Waals surface area contributed by atoms with Crippen LogP contribution in [0.1, 0.15) is 12.6 Å². The number of aromatic nitrogens is 2. The van der Waals surface area contributed by atoms with Gasteiger partial charge in [-0.3, -0.25) is 0 Å². The smallest absolute Gasteiger partial charge is 0.151 e. The largest absolute Gasteiger partial charge is 0.357 e. The van der Waals surface area contributed by atoms with Crippen LogP contribution in [-0.2, 0) is 0 Å². The predicted molar refractivity (Wildman–Crippen MR) is 55.4 cm³/mol. The van der Waals surface area contributed by atoms with Crippen molar-refractivity contribution in [3.05, 3.63) is 17.8 Å². The van der Waals surface area contributed by atoms with Gasteiger partial charge in [-0.15, -0.1) is 16.7 Å². The van der Waals surface area contributed by atoms with Crippen LogP contribution in [0.3, 0.4) is 0 Å². The number of nitrogens with zero attached hydrogens (tertiary/aromatic N) is 3. The number of hydrogen-bond donors (Lipinski definition) is 0. The molecule has 72 valence electrons. The van der Waals surface area contributed by atoms with E-state index in [0.29, 0.717) is 0 Å². The maximum atomic E-state index is 5.86. The van der Waals surface area contributed by atoms with E-state index in [0.717, 1.165) is 18.1 Å². The molecule has 3 nitrogen and oxygen atoms in total. The van der Waals surface area contributed by atoms with Gasteiger partial charge in [0.1, 0.15) is 0 Å². The molecule has 4 heteroatoms. The van der Waals surface area contributed by atoms with Gasteiger partial charge in [0.15, 0.2) is 5.82 Å². The van der Waals surface area contributed by atoms with Gasteiger partial charge < -0.3 is 4.90 Å². The molecule has 0 aliphatic heterocycles. The third kappa shape index (κ3) is 3.19. The van der Waals surface area contributed by atoms with Gasteiger partial charge in [0.25, 0.3) is 0 Å². The number of anilines is 1. The van der Waals surface area contributed by atoms with Gasteiger partial charge in [-0.05, 0) is 26.0 Å². The summed E-state index contributed by atoms with van der Waals surface area (Å²) in [6.45, 7) is 4.65. The Morgan fingerprint density at radius 2 is 2.15 bits per heavy atom. The normalized spacial score (nSPS) is 12.6. The maximum Gasteiger partial charge on any atom is 0.151 e. The van der Waals surface area contributed by atoms with Crippen LogP contribution in [0, 0.1) is 6.92 Å². The molecule has 1 aromatic heterocycles. The van der Waals surface area contributed by atoms with Crippen LogP contribution >= 0.6 is 11.6 Å². The molecule has 0 N–H and O–H groups in total. The van der Waals surface area contributed by atoms with Gasteiger partial charge in [0.2, 0.25) is 0 Å². The molecule has 0 fully saturated rings. The van der Waals surface area contributed by atoms with Gasteiger partial charge in [-0.1, -0.05) is 0 Å². The third-order valence-electron chi connectivity index (χ3n) is 1.70. The molecule has 0 bridgehead atoms. The average Bonchev–Trinajstić information content (AvgIpc) is 2.04. The fraction of sp³-hybridized carbons (Fsp3) is 0.556. The molecule has 0 spiro atoms. The summed E-state index contributed by atoms with van der Waals surface area (Å²) < 4.78 is 0. The highest BCUT2D eigenvalue weighted by Crippen LogP contribution is 2.08. The second kappa shape index (κ2) is 4.42. The molecule has 0 radical (unpaired) electrons. The van der Waals surface area contributed by atoms with Crippen LogP contribution in [0.15, 0.2) is 12.1 Å². The summed E-state index contributed by atoms with van der Waals surface area (Å²) in [6, 6.07) is 3.89. The quantitative estimate of drug-likeness (QED) is 0.696. The zero-order valence-corrected chi connectivity index (χ0v) is 8.91. The summed E-state index contributed by atoms with van der Waals surface area (Å²) >= 11 is 5.86. The van der Waals surface area contributed by atoms with E-state index in [-0.39, 0.29) is 5.38 Å². The molecule has 0 saturated carbocycles. The van der Waals surface area contributed by atoms with Crippen molar-refractivity contribution in [2.75, 3.05) is 18.5 Å². The summed E-state index contributed by atoms with van der Waals surface area (Å²) in [6.07, 6.45) is 0. The van der Waals surface area contributed by atoms with E-state index in [1.54, 1.807) is 0 Å². The van der Waals surface area contributed by atoms with Gasteiger partial charge in [-0.25, -0.2) is 0 Å². The molecule has 1 unspecified atom stereocenters. The average molecular weight is 200 g/mol. The molecule has 0 aliphatic carbocycles. The van der Waals surface area contributed by atoms with Crippen molar-refractivity contribution >= 4 is 17.4 Å². The molecule has 1 atom stereocenters. The molecule has 0 saturated heterocycles. The molecule has 0 aliphatic rings. The molecule has 1 aromatic rings. The Balaban J connectivity index is 2.66. The minimum Gasteiger partial charge on any atom is -0.357 e. The third-order valence-corrected chi connectivity index (χ3v) is 1.84. The second-order valence-electron chi connectivity index (χ2n) is 3.19. The molecule has 13 heavy (non-hydrogen) atoms. The van der Waals surface area contributed by atoms with E-state index in [1.807, 2.05) is 37.9 Å². The van der Waals surface area contributed by atoms with Crippen molar-refractivity contribution in [1.29, 1.82) is 0 Å². The summed E-state index contributed by atoms with van der Waals surface area (Å²) in [7, 11) is 1.96. The van der Waals surface area contributed by atoms with E-state index in [2.05, 4.69) is 10.2 Å². The zero-order valence-electron chi connectivity index (χ0n) is 8.16. The molecule has 1 heterocycles. The van der Waals surface area contributed by atoms with Crippen molar-refractivity contribution in [2.45, 2.75) is 19.2 Å². The lowest BCUT2D eigenvalue weighted by atomic mass is 10.4. The first-order valence-corrected chi connectivity index (χ1v) is 4.69. The monoisotopic (exact) mass is 199 g/mol. The maximum absolute atomic E-state index is 5.86. The number of aryl methyl sites for hydroxylation is 1. The number of alkyl halides is 1. The van der Waals surface area contributed by atoms with Crippen molar-refractivity contribution in [2.24, 2.45) is 0 Å². The predicted octanol–water partition coefficient (Wildman–Crippen LogP) is 1.85. The molecular formula is C9H14ClN3. The Kier molecular flexibility index (Phi) is 3.48. The van der Waals surface area contributed by atoms with E-state index in [1.165, 1.54) is 0 Å². The summed E-state index contributed by atoms with van der Waals surface area (Å²) in [4.78, 5) is 1.99. The van der Waals surface area contributed by atoms with Gasteiger partial charge in [-0.2, -0.15) is 5.10 Å². The van der Waals surface area contributed by atoms with Crippen LogP contribution in [0.25, 0.3) is 0 Å². The molecule has 0 aromatic carbocycles. The number of hydrogen-bond acceptors (Lipinski definition) is 3. The lowest BCUT2D eigenvalue weighted by Gasteiger charge is -2.18. The minimum atomic E-state index is 0.119. The Hall–Kier alpha value is -0.830. The van der Waals surface area contributed by atoms with E-state index < -0.39 is 0 Å². The first-order valence-electron chi connectivity index (χ1n) is 4.25. The van der Waals surface area contributed by atoms with Crippen molar-refractivity contribution in [3.8, 4) is 0 Å². The van der Waals surface area contributed by atoms with Crippen LogP contribution in [0.2, 0.25) is 0 Å². The summed E-state index contributed by atoms with van der Waals surface area (Å²) in [5.41, 5.74) is 0.927. The molecular weight excluding hydrogens is 186 g/mol. The first kappa shape index (κ1) is 10.3. The van der Waals surface area contributed by atoms with Crippen LogP contribution in [0.5, 0.6) is 0 Å². The Bertz CT molecular complexity index is 258. The number of halogens is 1. The van der Waals surface area contributed by atoms with Crippen molar-refractivity contribution < 1.29 is 0 Å². The highest BCUT2D eigenvalue weighted by atomic mass is 35.5. The van der Waals surface area contributed by atoms with Gasteiger partial charge >= 0.3 is 0 Å². The lowest BCUT2D eigenvalue weighted by Crippen LogP contribution is -2.25. The fourth-order valence-electron chi connectivity index (χ4n) is 1.07.